The van der Waals surface area contributed by atoms with Gasteiger partial charge in [0.1, 0.15) is 5.75 Å². The second kappa shape index (κ2) is 7.64. The zero-order chi connectivity index (χ0) is 18.5. The van der Waals surface area contributed by atoms with Crippen molar-refractivity contribution >= 4 is 23.3 Å². The van der Waals surface area contributed by atoms with Gasteiger partial charge in [-0.15, -0.1) is 0 Å². The van der Waals surface area contributed by atoms with Crippen LogP contribution < -0.4 is 14.4 Å². The number of carbonyl (C=O) groups excluding carboxylic acids is 2. The Morgan fingerprint density at radius 2 is 1.88 bits per heavy atom. The first-order valence-electron chi connectivity index (χ1n) is 8.02. The molecule has 1 aliphatic rings. The van der Waals surface area contributed by atoms with Gasteiger partial charge in [-0.2, -0.15) is 0 Å². The van der Waals surface area contributed by atoms with Crippen molar-refractivity contribution in [3.63, 3.8) is 0 Å². The third kappa shape index (κ3) is 3.97. The average Bonchev–Trinajstić information content (AvgIpc) is 3.07. The van der Waals surface area contributed by atoms with Crippen molar-refractivity contribution in [2.45, 2.75) is 12.8 Å². The molecule has 0 spiro atoms. The summed E-state index contributed by atoms with van der Waals surface area (Å²) in [7, 11) is 0. The number of para-hydroxylation sites is 2. The van der Waals surface area contributed by atoms with E-state index in [9.17, 15) is 19.7 Å². The monoisotopic (exact) mass is 356 g/mol. The number of anilines is 1. The fourth-order valence-electron chi connectivity index (χ4n) is 2.64. The van der Waals surface area contributed by atoms with E-state index in [-0.39, 0.29) is 17.3 Å². The van der Waals surface area contributed by atoms with Gasteiger partial charge in [-0.05, 0) is 36.8 Å². The van der Waals surface area contributed by atoms with Gasteiger partial charge >= 0.3 is 11.7 Å². The minimum Gasteiger partial charge on any atom is -0.475 e. The summed E-state index contributed by atoms with van der Waals surface area (Å²) in [6, 6.07) is 12.4. The molecule has 1 heterocycles. The topological polar surface area (TPSA) is 99.0 Å². The summed E-state index contributed by atoms with van der Waals surface area (Å²) in [5.74, 6) is -0.311. The first kappa shape index (κ1) is 17.4. The molecule has 1 fully saturated rings. The highest BCUT2D eigenvalue weighted by Crippen LogP contribution is 2.26. The van der Waals surface area contributed by atoms with Crippen LogP contribution in [0, 0.1) is 10.1 Å². The van der Waals surface area contributed by atoms with E-state index in [0.29, 0.717) is 18.7 Å². The second-order valence-electron chi connectivity index (χ2n) is 5.63. The maximum Gasteiger partial charge on any atom is 0.349 e. The van der Waals surface area contributed by atoms with Crippen LogP contribution in [-0.2, 0) is 9.59 Å². The molecule has 1 aliphatic heterocycles. The third-order valence-electron chi connectivity index (χ3n) is 3.86. The first-order valence-corrected chi connectivity index (χ1v) is 8.02. The highest BCUT2D eigenvalue weighted by molar-refractivity contribution is 5.95. The molecule has 0 bridgehead atoms. The zero-order valence-corrected chi connectivity index (χ0v) is 13.8. The van der Waals surface area contributed by atoms with E-state index in [2.05, 4.69) is 0 Å². The summed E-state index contributed by atoms with van der Waals surface area (Å²) in [5.41, 5.74) is 0.531. The number of carbonyl (C=O) groups is 2. The SMILES string of the molecule is O=C(COc1ccccc1[N+](=O)[O-])Oc1ccc(N2CCCC2=O)cc1. The molecule has 1 saturated heterocycles. The molecule has 134 valence electrons. The van der Waals surface area contributed by atoms with Crippen LogP contribution in [0.4, 0.5) is 11.4 Å². The molecule has 1 amide bonds. The lowest BCUT2D eigenvalue weighted by Crippen LogP contribution is -2.23. The van der Waals surface area contributed by atoms with Gasteiger partial charge in [0.05, 0.1) is 4.92 Å². The predicted octanol–water partition coefficient (Wildman–Crippen LogP) is 2.71. The molecule has 2 aromatic carbocycles. The highest BCUT2D eigenvalue weighted by Gasteiger charge is 2.21. The molecule has 0 unspecified atom stereocenters. The molecular weight excluding hydrogens is 340 g/mol. The predicted molar refractivity (Wildman–Crippen MR) is 92.3 cm³/mol. The lowest BCUT2D eigenvalue weighted by molar-refractivity contribution is -0.385. The van der Waals surface area contributed by atoms with Gasteiger partial charge in [0.25, 0.3) is 0 Å². The number of nitro groups is 1. The van der Waals surface area contributed by atoms with Gasteiger partial charge < -0.3 is 14.4 Å². The fraction of sp³-hybridized carbons (Fsp3) is 0.222. The molecule has 0 atom stereocenters. The first-order chi connectivity index (χ1) is 12.5. The Morgan fingerprint density at radius 3 is 2.54 bits per heavy atom. The Labute approximate surface area is 149 Å². The Kier molecular flexibility index (Phi) is 5.12. The van der Waals surface area contributed by atoms with Crippen LogP contribution in [0.3, 0.4) is 0 Å². The second-order valence-corrected chi connectivity index (χ2v) is 5.63. The molecule has 8 nitrogen and oxygen atoms in total. The number of nitro benzene ring substituents is 1. The van der Waals surface area contributed by atoms with Crippen molar-refractivity contribution in [3.8, 4) is 11.5 Å². The van der Waals surface area contributed by atoms with E-state index in [4.69, 9.17) is 9.47 Å². The molecule has 0 aliphatic carbocycles. The van der Waals surface area contributed by atoms with Crippen LogP contribution in [0.5, 0.6) is 11.5 Å². The third-order valence-corrected chi connectivity index (χ3v) is 3.86. The summed E-state index contributed by atoms with van der Waals surface area (Å²) in [6.07, 6.45) is 1.37. The quantitative estimate of drug-likeness (QED) is 0.341. The van der Waals surface area contributed by atoms with Crippen LogP contribution in [0.1, 0.15) is 12.8 Å². The normalized spacial score (nSPS) is 13.5. The smallest absolute Gasteiger partial charge is 0.349 e. The summed E-state index contributed by atoms with van der Waals surface area (Å²) >= 11 is 0. The number of nitrogens with zero attached hydrogens (tertiary/aromatic N) is 2. The molecule has 0 saturated carbocycles. The number of hydrogen-bond acceptors (Lipinski definition) is 6. The van der Waals surface area contributed by atoms with E-state index in [1.807, 2.05) is 0 Å². The average molecular weight is 356 g/mol. The van der Waals surface area contributed by atoms with Gasteiger partial charge in [-0.1, -0.05) is 12.1 Å². The van der Waals surface area contributed by atoms with Crippen LogP contribution in [0.15, 0.2) is 48.5 Å². The highest BCUT2D eigenvalue weighted by atomic mass is 16.6. The van der Waals surface area contributed by atoms with Crippen LogP contribution >= 0.6 is 0 Å². The largest absolute Gasteiger partial charge is 0.475 e. The molecular formula is C18H16N2O6. The number of hydrogen-bond donors (Lipinski definition) is 0. The van der Waals surface area contributed by atoms with E-state index in [1.165, 1.54) is 18.2 Å². The number of ether oxygens (including phenoxy) is 2. The standard InChI is InChI=1S/C18H16N2O6/c21-17-6-3-11-19(17)13-7-9-14(10-8-13)26-18(22)12-25-16-5-2-1-4-15(16)20(23)24/h1-2,4-5,7-10H,3,6,11-12H2. The molecule has 8 heteroatoms. The lowest BCUT2D eigenvalue weighted by Gasteiger charge is -2.15. The van der Waals surface area contributed by atoms with Gasteiger partial charge in [0.15, 0.2) is 12.4 Å². The number of benzene rings is 2. The van der Waals surface area contributed by atoms with Crippen molar-refractivity contribution in [2.24, 2.45) is 0 Å². The van der Waals surface area contributed by atoms with Crippen molar-refractivity contribution in [1.82, 2.24) is 0 Å². The van der Waals surface area contributed by atoms with Crippen molar-refractivity contribution in [3.05, 3.63) is 58.6 Å². The van der Waals surface area contributed by atoms with Crippen molar-refractivity contribution < 1.29 is 24.0 Å². The minimum atomic E-state index is -0.687. The van der Waals surface area contributed by atoms with E-state index in [0.717, 1.165) is 12.1 Å². The van der Waals surface area contributed by atoms with Crippen LogP contribution in [0.25, 0.3) is 0 Å². The van der Waals surface area contributed by atoms with Crippen LogP contribution in [0.2, 0.25) is 0 Å². The van der Waals surface area contributed by atoms with Crippen molar-refractivity contribution in [1.29, 1.82) is 0 Å². The summed E-state index contributed by atoms with van der Waals surface area (Å²) in [4.78, 5) is 35.6. The maximum atomic E-state index is 11.9. The van der Waals surface area contributed by atoms with Crippen molar-refractivity contribution in [2.75, 3.05) is 18.1 Å². The van der Waals surface area contributed by atoms with Gasteiger partial charge in [0.2, 0.25) is 5.91 Å². The molecule has 26 heavy (non-hydrogen) atoms. The summed E-state index contributed by atoms with van der Waals surface area (Å²) in [6.45, 7) is 0.221. The molecule has 2 aromatic rings. The van der Waals surface area contributed by atoms with Gasteiger partial charge in [-0.25, -0.2) is 4.79 Å². The van der Waals surface area contributed by atoms with Crippen LogP contribution in [-0.4, -0.2) is 30.0 Å². The van der Waals surface area contributed by atoms with E-state index < -0.39 is 17.5 Å². The van der Waals surface area contributed by atoms with Gasteiger partial charge in [0, 0.05) is 24.7 Å². The Balaban J connectivity index is 1.57. The Bertz CT molecular complexity index is 834. The number of rotatable bonds is 6. The zero-order valence-electron chi connectivity index (χ0n) is 13.8. The Morgan fingerprint density at radius 1 is 1.15 bits per heavy atom. The molecule has 3 rings (SSSR count). The molecule has 0 aromatic heterocycles. The van der Waals surface area contributed by atoms with E-state index >= 15 is 0 Å². The Hall–Kier alpha value is -3.42. The number of esters is 1. The van der Waals surface area contributed by atoms with E-state index in [1.54, 1.807) is 35.2 Å². The number of amides is 1. The summed E-state index contributed by atoms with van der Waals surface area (Å²) < 4.78 is 10.3. The minimum absolute atomic E-state index is 0.00246. The lowest BCUT2D eigenvalue weighted by atomic mass is 10.3. The van der Waals surface area contributed by atoms with Gasteiger partial charge in [-0.3, -0.25) is 14.9 Å². The summed E-state index contributed by atoms with van der Waals surface area (Å²) in [5, 5.41) is 10.9. The fourth-order valence-corrected chi connectivity index (χ4v) is 2.64. The molecule has 0 N–H and O–H groups in total. The maximum absolute atomic E-state index is 11.9. The molecule has 0 radical (unpaired) electrons.